The second-order valence-electron chi connectivity index (χ2n) is 6.68. The van der Waals surface area contributed by atoms with Gasteiger partial charge in [0.05, 0.1) is 18.7 Å². The van der Waals surface area contributed by atoms with Crippen molar-refractivity contribution in [2.45, 2.75) is 18.9 Å². The summed E-state index contributed by atoms with van der Waals surface area (Å²) in [5.41, 5.74) is 1.97. The number of quaternary nitrogens is 1. The lowest BCUT2D eigenvalue weighted by molar-refractivity contribution is -0.913. The molecule has 3 aliphatic rings. The average Bonchev–Trinajstić information content (AvgIpc) is 3.36. The van der Waals surface area contributed by atoms with Crippen molar-refractivity contribution in [3.05, 3.63) is 41.5 Å². The number of hydrogen-bond donors (Lipinski definition) is 2. The van der Waals surface area contributed by atoms with E-state index < -0.39 is 0 Å². The van der Waals surface area contributed by atoms with Crippen molar-refractivity contribution >= 4 is 0 Å². The van der Waals surface area contributed by atoms with Gasteiger partial charge in [-0.15, -0.1) is 0 Å². The Balaban J connectivity index is 1.61. The molecule has 1 atom stereocenters. The number of fused-ring (bicyclic) bond motifs is 2. The highest BCUT2D eigenvalue weighted by atomic mass is 16.7. The van der Waals surface area contributed by atoms with Gasteiger partial charge in [-0.2, -0.15) is 0 Å². The van der Waals surface area contributed by atoms with E-state index in [4.69, 9.17) is 18.9 Å². The van der Waals surface area contributed by atoms with Crippen molar-refractivity contribution in [1.82, 2.24) is 0 Å². The van der Waals surface area contributed by atoms with Gasteiger partial charge >= 0.3 is 0 Å². The van der Waals surface area contributed by atoms with Crippen LogP contribution in [0.3, 0.4) is 0 Å². The highest BCUT2D eigenvalue weighted by Crippen LogP contribution is 2.42. The summed E-state index contributed by atoms with van der Waals surface area (Å²) in [4.78, 5) is 1.44. The summed E-state index contributed by atoms with van der Waals surface area (Å²) in [6, 6.07) is 9.64. The van der Waals surface area contributed by atoms with Crippen molar-refractivity contribution in [2.75, 3.05) is 26.7 Å². The molecule has 0 spiro atoms. The monoisotopic (exact) mass is 342 g/mol. The van der Waals surface area contributed by atoms with Crippen LogP contribution in [0.5, 0.6) is 28.7 Å². The van der Waals surface area contributed by atoms with Gasteiger partial charge < -0.3 is 29.0 Å². The molecular weight excluding hydrogens is 322 g/mol. The molecule has 2 aromatic carbocycles. The summed E-state index contributed by atoms with van der Waals surface area (Å²) >= 11 is 0. The first-order chi connectivity index (χ1) is 12.3. The molecule has 0 radical (unpaired) electrons. The lowest BCUT2D eigenvalue weighted by Crippen LogP contribution is -3.10. The molecule has 0 unspecified atom stereocenters. The molecule has 25 heavy (non-hydrogen) atoms. The summed E-state index contributed by atoms with van der Waals surface area (Å²) in [6.07, 6.45) is 2.39. The largest absolute Gasteiger partial charge is 0.507 e. The number of hydrogen-bond acceptors (Lipinski definition) is 5. The molecule has 2 aromatic rings. The van der Waals surface area contributed by atoms with E-state index in [0.717, 1.165) is 35.7 Å². The summed E-state index contributed by atoms with van der Waals surface area (Å²) in [6.45, 7) is 2.61. The predicted molar refractivity (Wildman–Crippen MR) is 88.6 cm³/mol. The third kappa shape index (κ3) is 2.44. The number of phenols is 1. The molecule has 0 saturated carbocycles. The minimum absolute atomic E-state index is 0.0199. The minimum atomic E-state index is 0.0199. The van der Waals surface area contributed by atoms with E-state index in [1.807, 2.05) is 18.2 Å². The number of rotatable bonds is 3. The Kier molecular flexibility index (Phi) is 3.38. The quantitative estimate of drug-likeness (QED) is 0.888. The summed E-state index contributed by atoms with van der Waals surface area (Å²) in [5.74, 6) is 3.07. The Morgan fingerprint density at radius 3 is 2.20 bits per heavy atom. The van der Waals surface area contributed by atoms with Crippen LogP contribution in [0, 0.1) is 0 Å². The first kappa shape index (κ1) is 14.7. The molecule has 0 bridgehead atoms. The zero-order valence-electron chi connectivity index (χ0n) is 13.8. The highest BCUT2D eigenvalue weighted by molar-refractivity contribution is 5.54. The molecule has 3 aliphatic heterocycles. The number of benzene rings is 2. The lowest BCUT2D eigenvalue weighted by atomic mass is 9.95. The van der Waals surface area contributed by atoms with E-state index in [9.17, 15) is 5.11 Å². The fourth-order valence-corrected chi connectivity index (χ4v) is 4.02. The van der Waals surface area contributed by atoms with Gasteiger partial charge in [0, 0.05) is 24.5 Å². The Labute approximate surface area is 145 Å². The van der Waals surface area contributed by atoms with Crippen LogP contribution in [0.2, 0.25) is 0 Å². The Bertz CT molecular complexity index is 816. The van der Waals surface area contributed by atoms with E-state index in [1.165, 1.54) is 17.7 Å². The normalized spacial score (nSPS) is 19.4. The molecule has 0 aromatic heterocycles. The first-order valence-corrected chi connectivity index (χ1v) is 8.66. The molecule has 5 rings (SSSR count). The maximum absolute atomic E-state index is 10.7. The van der Waals surface area contributed by atoms with Crippen LogP contribution in [-0.2, 0) is 0 Å². The van der Waals surface area contributed by atoms with Gasteiger partial charge in [-0.1, -0.05) is 0 Å². The van der Waals surface area contributed by atoms with Crippen LogP contribution in [-0.4, -0.2) is 31.8 Å². The van der Waals surface area contributed by atoms with Crippen LogP contribution in [0.25, 0.3) is 0 Å². The molecule has 2 N–H and O–H groups in total. The van der Waals surface area contributed by atoms with Crippen LogP contribution < -0.4 is 23.8 Å². The number of nitrogens with one attached hydrogen (secondary N) is 1. The fourth-order valence-electron chi connectivity index (χ4n) is 4.02. The van der Waals surface area contributed by atoms with Gasteiger partial charge in [-0.25, -0.2) is 0 Å². The van der Waals surface area contributed by atoms with Gasteiger partial charge in [0.15, 0.2) is 23.0 Å². The topological polar surface area (TPSA) is 61.6 Å². The van der Waals surface area contributed by atoms with Gasteiger partial charge in [0.1, 0.15) is 11.8 Å². The van der Waals surface area contributed by atoms with Crippen molar-refractivity contribution < 1.29 is 29.0 Å². The molecule has 6 heteroatoms. The zero-order valence-corrected chi connectivity index (χ0v) is 13.8. The number of ether oxygens (including phenoxy) is 4. The third-order valence-corrected chi connectivity index (χ3v) is 5.22. The Morgan fingerprint density at radius 1 is 0.800 bits per heavy atom. The number of likely N-dealkylation sites (tertiary alicyclic amines) is 1. The van der Waals surface area contributed by atoms with Gasteiger partial charge in [0.2, 0.25) is 13.6 Å². The standard InChI is InChI=1S/C19H19NO5/c21-14-9-18-17(24-11-25-18)8-13(14)19(20-5-1-2-6-20)12-3-4-15-16(7-12)23-10-22-15/h3-4,7-9,19,21H,1-2,5-6,10-11H2/p+1/t19-/m1/s1. The smallest absolute Gasteiger partial charge is 0.231 e. The summed E-state index contributed by atoms with van der Waals surface area (Å²) in [7, 11) is 0. The first-order valence-electron chi connectivity index (χ1n) is 8.66. The van der Waals surface area contributed by atoms with Gasteiger partial charge in [-0.05, 0) is 24.3 Å². The molecule has 3 heterocycles. The molecule has 130 valence electrons. The van der Waals surface area contributed by atoms with Crippen molar-refractivity contribution in [2.24, 2.45) is 0 Å². The maximum atomic E-state index is 10.7. The SMILES string of the molecule is Oc1cc2c(cc1[C@@H](c1ccc3c(c1)OCO3)[NH+]1CCCC1)OCO2. The predicted octanol–water partition coefficient (Wildman–Crippen LogP) is 1.62. The molecule has 1 saturated heterocycles. The Morgan fingerprint density at radius 2 is 1.44 bits per heavy atom. The fraction of sp³-hybridized carbons (Fsp3) is 0.368. The maximum Gasteiger partial charge on any atom is 0.231 e. The van der Waals surface area contributed by atoms with E-state index in [1.54, 1.807) is 6.07 Å². The van der Waals surface area contributed by atoms with Gasteiger partial charge in [0.25, 0.3) is 0 Å². The highest BCUT2D eigenvalue weighted by Gasteiger charge is 2.34. The van der Waals surface area contributed by atoms with Crippen molar-refractivity contribution in [3.8, 4) is 28.7 Å². The Hall–Kier alpha value is -2.60. The van der Waals surface area contributed by atoms with Crippen LogP contribution in [0.4, 0.5) is 0 Å². The minimum Gasteiger partial charge on any atom is -0.507 e. The second-order valence-corrected chi connectivity index (χ2v) is 6.68. The van der Waals surface area contributed by atoms with Crippen molar-refractivity contribution in [3.63, 3.8) is 0 Å². The van der Waals surface area contributed by atoms with Crippen LogP contribution in [0.1, 0.15) is 30.0 Å². The summed E-state index contributed by atoms with van der Waals surface area (Å²) < 4.78 is 21.9. The summed E-state index contributed by atoms with van der Waals surface area (Å²) in [5, 5.41) is 10.7. The van der Waals surface area contributed by atoms with E-state index in [2.05, 4.69) is 6.07 Å². The average molecular weight is 342 g/mol. The van der Waals surface area contributed by atoms with Crippen molar-refractivity contribution in [1.29, 1.82) is 0 Å². The second kappa shape index (κ2) is 5.74. The number of phenolic OH excluding ortho intramolecular Hbond substituents is 1. The van der Waals surface area contributed by atoms with Gasteiger partial charge in [-0.3, -0.25) is 0 Å². The van der Waals surface area contributed by atoms with Crippen LogP contribution in [0.15, 0.2) is 30.3 Å². The zero-order chi connectivity index (χ0) is 16.8. The molecule has 0 amide bonds. The van der Waals surface area contributed by atoms with E-state index in [-0.39, 0.29) is 25.4 Å². The molecule has 0 aliphatic carbocycles. The van der Waals surface area contributed by atoms with E-state index >= 15 is 0 Å². The van der Waals surface area contributed by atoms with E-state index in [0.29, 0.717) is 11.5 Å². The van der Waals surface area contributed by atoms with Crippen LogP contribution >= 0.6 is 0 Å². The molecule has 1 fully saturated rings. The molecular formula is C19H20NO5+. The number of aromatic hydroxyl groups is 1. The third-order valence-electron chi connectivity index (χ3n) is 5.22. The molecule has 6 nitrogen and oxygen atoms in total. The lowest BCUT2D eigenvalue weighted by Gasteiger charge is -2.26.